The lowest BCUT2D eigenvalue weighted by Crippen LogP contribution is -2.22. The number of aryl methyl sites for hydroxylation is 2. The molecule has 0 spiro atoms. The summed E-state index contributed by atoms with van der Waals surface area (Å²) in [4.78, 5) is 18.2. The molecule has 2 aromatic rings. The Labute approximate surface area is 107 Å². The number of rotatable bonds is 3. The van der Waals surface area contributed by atoms with Crippen LogP contribution in [0.25, 0.3) is 5.52 Å². The Morgan fingerprint density at radius 1 is 1.44 bits per heavy atom. The molecule has 0 aliphatic heterocycles. The zero-order chi connectivity index (χ0) is 13.3. The minimum absolute atomic E-state index is 0.0412. The van der Waals surface area contributed by atoms with E-state index in [1.54, 1.807) is 19.0 Å². The Morgan fingerprint density at radius 2 is 2.17 bits per heavy atom. The first-order chi connectivity index (χ1) is 8.54. The van der Waals surface area contributed by atoms with Gasteiger partial charge in [0.05, 0.1) is 5.52 Å². The third kappa shape index (κ3) is 2.10. The highest BCUT2D eigenvalue weighted by atomic mass is 16.2. The SMILES string of the molecule is CCCc1nc(C(=O)N(C)C)c2cc(C)ccn12. The number of carbonyl (C=O) groups is 1. The number of amides is 1. The summed E-state index contributed by atoms with van der Waals surface area (Å²) in [7, 11) is 3.51. The van der Waals surface area contributed by atoms with E-state index in [0.717, 1.165) is 29.7 Å². The van der Waals surface area contributed by atoms with E-state index >= 15 is 0 Å². The van der Waals surface area contributed by atoms with E-state index in [1.807, 2.05) is 29.7 Å². The average Bonchev–Trinajstić information content (AvgIpc) is 2.67. The topological polar surface area (TPSA) is 37.6 Å². The fourth-order valence-corrected chi connectivity index (χ4v) is 2.02. The van der Waals surface area contributed by atoms with Gasteiger partial charge in [0, 0.05) is 26.7 Å². The molecule has 0 aromatic carbocycles. The fraction of sp³-hybridized carbons (Fsp3) is 0.429. The van der Waals surface area contributed by atoms with Gasteiger partial charge < -0.3 is 9.30 Å². The molecule has 4 heteroatoms. The summed E-state index contributed by atoms with van der Waals surface area (Å²) in [5.74, 6) is 0.915. The number of carbonyl (C=O) groups excluding carboxylic acids is 1. The molecule has 2 heterocycles. The van der Waals surface area contributed by atoms with Crippen LogP contribution in [0, 0.1) is 6.92 Å². The van der Waals surface area contributed by atoms with Gasteiger partial charge in [-0.05, 0) is 31.0 Å². The van der Waals surface area contributed by atoms with Crippen LogP contribution < -0.4 is 0 Å². The first-order valence-electron chi connectivity index (χ1n) is 6.23. The summed E-state index contributed by atoms with van der Waals surface area (Å²) in [5.41, 5.74) is 2.59. The number of fused-ring (bicyclic) bond motifs is 1. The maximum absolute atomic E-state index is 12.1. The van der Waals surface area contributed by atoms with Gasteiger partial charge in [0.1, 0.15) is 5.82 Å². The molecule has 0 radical (unpaired) electrons. The largest absolute Gasteiger partial charge is 0.343 e. The smallest absolute Gasteiger partial charge is 0.274 e. The van der Waals surface area contributed by atoms with Crippen LogP contribution in [-0.2, 0) is 6.42 Å². The zero-order valence-corrected chi connectivity index (χ0v) is 11.4. The summed E-state index contributed by atoms with van der Waals surface area (Å²) in [6.07, 6.45) is 3.89. The maximum atomic E-state index is 12.1. The van der Waals surface area contributed by atoms with E-state index in [9.17, 15) is 4.79 Å². The van der Waals surface area contributed by atoms with Crippen molar-refractivity contribution in [3.05, 3.63) is 35.4 Å². The number of pyridine rings is 1. The molecule has 2 aromatic heterocycles. The predicted molar refractivity (Wildman–Crippen MR) is 71.9 cm³/mol. The Bertz CT molecular complexity index is 584. The number of aromatic nitrogens is 2. The number of hydrogen-bond donors (Lipinski definition) is 0. The van der Waals surface area contributed by atoms with E-state index in [2.05, 4.69) is 11.9 Å². The van der Waals surface area contributed by atoms with Crippen molar-refractivity contribution in [2.75, 3.05) is 14.1 Å². The van der Waals surface area contributed by atoms with Crippen LogP contribution in [0.4, 0.5) is 0 Å². The van der Waals surface area contributed by atoms with Gasteiger partial charge >= 0.3 is 0 Å². The number of hydrogen-bond acceptors (Lipinski definition) is 2. The van der Waals surface area contributed by atoms with Crippen LogP contribution in [0.5, 0.6) is 0 Å². The zero-order valence-electron chi connectivity index (χ0n) is 11.4. The molecule has 4 nitrogen and oxygen atoms in total. The second-order valence-electron chi connectivity index (χ2n) is 4.79. The van der Waals surface area contributed by atoms with Gasteiger partial charge in [-0.25, -0.2) is 4.98 Å². The normalized spacial score (nSPS) is 10.9. The summed E-state index contributed by atoms with van der Waals surface area (Å²) < 4.78 is 2.02. The van der Waals surface area contributed by atoms with Crippen molar-refractivity contribution in [1.29, 1.82) is 0 Å². The van der Waals surface area contributed by atoms with Gasteiger partial charge in [0.2, 0.25) is 0 Å². The van der Waals surface area contributed by atoms with Crippen molar-refractivity contribution in [3.63, 3.8) is 0 Å². The molecule has 2 rings (SSSR count). The molecule has 0 saturated heterocycles. The Hall–Kier alpha value is -1.84. The van der Waals surface area contributed by atoms with Gasteiger partial charge in [-0.15, -0.1) is 0 Å². The van der Waals surface area contributed by atoms with Crippen molar-refractivity contribution in [2.24, 2.45) is 0 Å². The Morgan fingerprint density at radius 3 is 2.78 bits per heavy atom. The fourth-order valence-electron chi connectivity index (χ4n) is 2.02. The van der Waals surface area contributed by atoms with E-state index < -0.39 is 0 Å². The molecular weight excluding hydrogens is 226 g/mol. The predicted octanol–water partition coefficient (Wildman–Crippen LogP) is 2.30. The average molecular weight is 245 g/mol. The Kier molecular flexibility index (Phi) is 3.36. The molecule has 1 amide bonds. The van der Waals surface area contributed by atoms with Gasteiger partial charge in [-0.2, -0.15) is 0 Å². The van der Waals surface area contributed by atoms with Crippen LogP contribution in [0.2, 0.25) is 0 Å². The van der Waals surface area contributed by atoms with Crippen molar-refractivity contribution < 1.29 is 4.79 Å². The highest BCUT2D eigenvalue weighted by Crippen LogP contribution is 2.17. The van der Waals surface area contributed by atoms with Crippen molar-refractivity contribution in [2.45, 2.75) is 26.7 Å². The lowest BCUT2D eigenvalue weighted by atomic mass is 10.2. The van der Waals surface area contributed by atoms with E-state index in [1.165, 1.54) is 0 Å². The van der Waals surface area contributed by atoms with Crippen molar-refractivity contribution in [3.8, 4) is 0 Å². The quantitative estimate of drug-likeness (QED) is 0.832. The minimum Gasteiger partial charge on any atom is -0.343 e. The molecule has 0 atom stereocenters. The molecule has 0 bridgehead atoms. The van der Waals surface area contributed by atoms with Gasteiger partial charge in [0.15, 0.2) is 5.69 Å². The number of nitrogens with zero attached hydrogens (tertiary/aromatic N) is 3. The van der Waals surface area contributed by atoms with Crippen LogP contribution in [0.3, 0.4) is 0 Å². The number of imidazole rings is 1. The third-order valence-electron chi connectivity index (χ3n) is 2.95. The van der Waals surface area contributed by atoms with Gasteiger partial charge in [-0.3, -0.25) is 4.79 Å². The summed E-state index contributed by atoms with van der Waals surface area (Å²) in [6.45, 7) is 4.14. The third-order valence-corrected chi connectivity index (χ3v) is 2.95. The lowest BCUT2D eigenvalue weighted by molar-refractivity contribution is 0.0824. The molecular formula is C14H19N3O. The molecule has 18 heavy (non-hydrogen) atoms. The molecule has 0 unspecified atom stereocenters. The van der Waals surface area contributed by atoms with Gasteiger partial charge in [0.25, 0.3) is 5.91 Å². The van der Waals surface area contributed by atoms with E-state index in [0.29, 0.717) is 5.69 Å². The molecule has 96 valence electrons. The first kappa shape index (κ1) is 12.6. The molecule has 0 fully saturated rings. The monoisotopic (exact) mass is 245 g/mol. The van der Waals surface area contributed by atoms with Crippen LogP contribution in [0.1, 0.15) is 35.2 Å². The second-order valence-corrected chi connectivity index (χ2v) is 4.79. The highest BCUT2D eigenvalue weighted by Gasteiger charge is 2.18. The summed E-state index contributed by atoms with van der Waals surface area (Å²) >= 11 is 0. The molecule has 0 N–H and O–H groups in total. The van der Waals surface area contributed by atoms with Crippen molar-refractivity contribution in [1.82, 2.24) is 14.3 Å². The molecule has 0 aliphatic rings. The standard InChI is InChI=1S/C14H19N3O/c1-5-6-12-15-13(14(18)16(3)4)11-9-10(2)7-8-17(11)12/h7-9H,5-6H2,1-4H3. The second kappa shape index (κ2) is 4.80. The minimum atomic E-state index is -0.0412. The highest BCUT2D eigenvalue weighted by molar-refractivity contribution is 5.98. The lowest BCUT2D eigenvalue weighted by Gasteiger charge is -2.07. The molecule has 0 aliphatic carbocycles. The van der Waals surface area contributed by atoms with Crippen molar-refractivity contribution >= 4 is 11.4 Å². The van der Waals surface area contributed by atoms with Gasteiger partial charge in [-0.1, -0.05) is 6.92 Å². The molecule has 0 saturated carbocycles. The summed E-state index contributed by atoms with van der Waals surface area (Å²) in [5, 5.41) is 0. The van der Waals surface area contributed by atoms with E-state index in [4.69, 9.17) is 0 Å². The van der Waals surface area contributed by atoms with E-state index in [-0.39, 0.29) is 5.91 Å². The van der Waals surface area contributed by atoms with Crippen LogP contribution in [0.15, 0.2) is 18.3 Å². The Balaban J connectivity index is 2.65. The van der Waals surface area contributed by atoms with Crippen LogP contribution >= 0.6 is 0 Å². The van der Waals surface area contributed by atoms with Crippen LogP contribution in [-0.4, -0.2) is 34.3 Å². The summed E-state index contributed by atoms with van der Waals surface area (Å²) in [6, 6.07) is 4.06. The first-order valence-corrected chi connectivity index (χ1v) is 6.23. The maximum Gasteiger partial charge on any atom is 0.274 e.